The molecule has 0 aliphatic rings. The fourth-order valence-electron chi connectivity index (χ4n) is 1.40. The summed E-state index contributed by atoms with van der Waals surface area (Å²) in [6, 6.07) is 0. The van der Waals surface area contributed by atoms with Crippen LogP contribution < -0.4 is 0 Å². The predicted molar refractivity (Wildman–Crippen MR) is 54.5 cm³/mol. The molecule has 0 spiro atoms. The Morgan fingerprint density at radius 2 is 2.23 bits per heavy atom. The first-order chi connectivity index (χ1) is 6.26. The van der Waals surface area contributed by atoms with Gasteiger partial charge in [-0.3, -0.25) is 4.79 Å². The highest BCUT2D eigenvalue weighted by Crippen LogP contribution is 2.16. The summed E-state index contributed by atoms with van der Waals surface area (Å²) >= 11 is 0. The number of hydrogen-bond acceptors (Lipinski definition) is 2. The molecule has 1 atom stereocenters. The maximum absolute atomic E-state index is 11.2. The van der Waals surface area contributed by atoms with Crippen molar-refractivity contribution in [1.82, 2.24) is 0 Å². The lowest BCUT2D eigenvalue weighted by atomic mass is 9.97. The zero-order valence-corrected chi connectivity index (χ0v) is 8.71. The highest BCUT2D eigenvalue weighted by Gasteiger charge is 2.16. The number of ether oxygens (including phenoxy) is 1. The van der Waals surface area contributed by atoms with Gasteiger partial charge >= 0.3 is 5.97 Å². The van der Waals surface area contributed by atoms with Crippen LogP contribution in [0.1, 0.15) is 39.0 Å². The highest BCUT2D eigenvalue weighted by molar-refractivity contribution is 5.72. The van der Waals surface area contributed by atoms with Gasteiger partial charge in [0.05, 0.1) is 13.0 Å². The predicted octanol–water partition coefficient (Wildman–Crippen LogP) is 2.93. The molecule has 0 saturated carbocycles. The molecule has 76 valence electrons. The van der Waals surface area contributed by atoms with Crippen LogP contribution in [-0.2, 0) is 9.53 Å². The Hall–Kier alpha value is -0.790. The summed E-state index contributed by atoms with van der Waals surface area (Å²) in [5.41, 5.74) is 0. The smallest absolute Gasteiger partial charge is 0.308 e. The first-order valence-electron chi connectivity index (χ1n) is 4.95. The number of rotatable bonds is 7. The number of carbonyl (C=O) groups excluding carboxylic acids is 1. The van der Waals surface area contributed by atoms with Crippen LogP contribution in [0.4, 0.5) is 0 Å². The van der Waals surface area contributed by atoms with Gasteiger partial charge < -0.3 is 4.74 Å². The maximum Gasteiger partial charge on any atom is 0.308 e. The topological polar surface area (TPSA) is 26.3 Å². The molecule has 0 aromatic rings. The van der Waals surface area contributed by atoms with Crippen LogP contribution >= 0.6 is 0 Å². The minimum Gasteiger partial charge on any atom is -0.469 e. The van der Waals surface area contributed by atoms with Gasteiger partial charge in [-0.2, -0.15) is 0 Å². The van der Waals surface area contributed by atoms with Crippen molar-refractivity contribution in [3.63, 3.8) is 0 Å². The van der Waals surface area contributed by atoms with Crippen molar-refractivity contribution in [3.05, 3.63) is 12.7 Å². The molecular weight excluding hydrogens is 164 g/mol. The van der Waals surface area contributed by atoms with Gasteiger partial charge in [-0.25, -0.2) is 0 Å². The molecule has 0 amide bonds. The standard InChI is InChI=1S/C11H20O2/c1-4-6-7-9-10(8-5-2)11(12)13-3/h4,10H,1,5-9H2,2-3H3. The Balaban J connectivity index is 3.79. The fraction of sp³-hybridized carbons (Fsp3) is 0.727. The van der Waals surface area contributed by atoms with Gasteiger partial charge in [-0.15, -0.1) is 6.58 Å². The Labute approximate surface area is 81.0 Å². The van der Waals surface area contributed by atoms with Crippen molar-refractivity contribution in [2.45, 2.75) is 39.0 Å². The molecule has 0 aromatic heterocycles. The van der Waals surface area contributed by atoms with E-state index < -0.39 is 0 Å². The molecule has 0 fully saturated rings. The third-order valence-corrected chi connectivity index (χ3v) is 2.13. The molecule has 2 nitrogen and oxygen atoms in total. The lowest BCUT2D eigenvalue weighted by Crippen LogP contribution is -2.15. The number of hydrogen-bond donors (Lipinski definition) is 0. The van der Waals surface area contributed by atoms with Crippen molar-refractivity contribution in [1.29, 1.82) is 0 Å². The summed E-state index contributed by atoms with van der Waals surface area (Å²) in [6.07, 6.45) is 6.80. The van der Waals surface area contributed by atoms with E-state index in [2.05, 4.69) is 13.5 Å². The quantitative estimate of drug-likeness (QED) is 0.345. The van der Waals surface area contributed by atoms with Crippen molar-refractivity contribution >= 4 is 5.97 Å². The molecular formula is C11H20O2. The average molecular weight is 184 g/mol. The van der Waals surface area contributed by atoms with E-state index in [1.54, 1.807) is 0 Å². The van der Waals surface area contributed by atoms with Crippen molar-refractivity contribution < 1.29 is 9.53 Å². The average Bonchev–Trinajstić information content (AvgIpc) is 2.16. The van der Waals surface area contributed by atoms with Crippen molar-refractivity contribution in [2.24, 2.45) is 5.92 Å². The van der Waals surface area contributed by atoms with Crippen LogP contribution in [0.2, 0.25) is 0 Å². The fourth-order valence-corrected chi connectivity index (χ4v) is 1.40. The number of carbonyl (C=O) groups is 1. The maximum atomic E-state index is 11.2. The van der Waals surface area contributed by atoms with E-state index in [1.165, 1.54) is 7.11 Å². The van der Waals surface area contributed by atoms with E-state index in [0.717, 1.165) is 32.1 Å². The van der Waals surface area contributed by atoms with E-state index in [9.17, 15) is 4.79 Å². The second-order valence-corrected chi connectivity index (χ2v) is 3.23. The lowest BCUT2D eigenvalue weighted by molar-refractivity contribution is -0.146. The summed E-state index contributed by atoms with van der Waals surface area (Å²) < 4.78 is 4.73. The number of allylic oxidation sites excluding steroid dienone is 1. The molecule has 13 heavy (non-hydrogen) atoms. The van der Waals surface area contributed by atoms with Gasteiger partial charge in [0, 0.05) is 0 Å². The zero-order chi connectivity index (χ0) is 10.1. The van der Waals surface area contributed by atoms with Gasteiger partial charge in [-0.05, 0) is 25.7 Å². The molecule has 0 bridgehead atoms. The van der Waals surface area contributed by atoms with Crippen LogP contribution in [-0.4, -0.2) is 13.1 Å². The first kappa shape index (κ1) is 12.2. The molecule has 0 aliphatic carbocycles. The summed E-state index contributed by atoms with van der Waals surface area (Å²) in [6.45, 7) is 5.74. The van der Waals surface area contributed by atoms with E-state index in [0.29, 0.717) is 0 Å². The molecule has 0 N–H and O–H groups in total. The number of unbranched alkanes of at least 4 members (excludes halogenated alkanes) is 1. The molecule has 0 radical (unpaired) electrons. The van der Waals surface area contributed by atoms with Gasteiger partial charge in [0.25, 0.3) is 0 Å². The lowest BCUT2D eigenvalue weighted by Gasteiger charge is -2.12. The minimum absolute atomic E-state index is 0.0640. The van der Waals surface area contributed by atoms with E-state index in [4.69, 9.17) is 4.74 Å². The first-order valence-corrected chi connectivity index (χ1v) is 4.95. The van der Waals surface area contributed by atoms with Gasteiger partial charge in [0.1, 0.15) is 0 Å². The number of methoxy groups -OCH3 is 1. The van der Waals surface area contributed by atoms with Crippen LogP contribution in [0.5, 0.6) is 0 Å². The molecule has 2 heteroatoms. The molecule has 0 aromatic carbocycles. The second kappa shape index (κ2) is 7.84. The van der Waals surface area contributed by atoms with Gasteiger partial charge in [-0.1, -0.05) is 19.4 Å². The third-order valence-electron chi connectivity index (χ3n) is 2.13. The monoisotopic (exact) mass is 184 g/mol. The van der Waals surface area contributed by atoms with Crippen LogP contribution in [0.15, 0.2) is 12.7 Å². The zero-order valence-electron chi connectivity index (χ0n) is 8.71. The SMILES string of the molecule is C=CCCCC(CCC)C(=O)OC. The Morgan fingerprint density at radius 1 is 1.54 bits per heavy atom. The Bertz CT molecular complexity index is 152. The van der Waals surface area contributed by atoms with E-state index in [-0.39, 0.29) is 11.9 Å². The van der Waals surface area contributed by atoms with E-state index in [1.807, 2.05) is 6.08 Å². The summed E-state index contributed by atoms with van der Waals surface area (Å²) in [7, 11) is 1.46. The summed E-state index contributed by atoms with van der Waals surface area (Å²) in [5.74, 6) is 0.0286. The largest absolute Gasteiger partial charge is 0.469 e. The van der Waals surface area contributed by atoms with Crippen molar-refractivity contribution in [2.75, 3.05) is 7.11 Å². The summed E-state index contributed by atoms with van der Waals surface area (Å²) in [4.78, 5) is 11.2. The Morgan fingerprint density at radius 3 is 2.69 bits per heavy atom. The van der Waals surface area contributed by atoms with E-state index >= 15 is 0 Å². The minimum atomic E-state index is -0.0640. The van der Waals surface area contributed by atoms with Crippen LogP contribution in [0.3, 0.4) is 0 Å². The molecule has 0 saturated heterocycles. The normalized spacial score (nSPS) is 12.2. The molecule has 1 unspecified atom stereocenters. The van der Waals surface area contributed by atoms with Crippen LogP contribution in [0, 0.1) is 5.92 Å². The molecule has 0 aliphatic heterocycles. The number of esters is 1. The Kier molecular flexibility index (Phi) is 7.36. The third kappa shape index (κ3) is 5.45. The highest BCUT2D eigenvalue weighted by atomic mass is 16.5. The van der Waals surface area contributed by atoms with Gasteiger partial charge in [0.15, 0.2) is 0 Å². The van der Waals surface area contributed by atoms with Crippen LogP contribution in [0.25, 0.3) is 0 Å². The second-order valence-electron chi connectivity index (χ2n) is 3.23. The molecule has 0 rings (SSSR count). The summed E-state index contributed by atoms with van der Waals surface area (Å²) in [5, 5.41) is 0. The molecule has 0 heterocycles. The van der Waals surface area contributed by atoms with Crippen molar-refractivity contribution in [3.8, 4) is 0 Å². The van der Waals surface area contributed by atoms with Gasteiger partial charge in [0.2, 0.25) is 0 Å².